The molecule has 90 valence electrons. The summed E-state index contributed by atoms with van der Waals surface area (Å²) in [6.45, 7) is 3.71. The lowest BCUT2D eigenvalue weighted by Gasteiger charge is -2.22. The monoisotopic (exact) mass is 226 g/mol. The van der Waals surface area contributed by atoms with Crippen LogP contribution >= 0.6 is 0 Å². The van der Waals surface area contributed by atoms with Crippen molar-refractivity contribution in [2.24, 2.45) is 5.73 Å². The number of hydrogen-bond acceptors (Lipinski definition) is 4. The van der Waals surface area contributed by atoms with Gasteiger partial charge in [-0.2, -0.15) is 0 Å². The molecule has 5 N–H and O–H groups in total. The first-order valence-electron chi connectivity index (χ1n) is 5.22. The van der Waals surface area contributed by atoms with E-state index in [0.29, 0.717) is 6.42 Å². The van der Waals surface area contributed by atoms with Crippen molar-refractivity contribution in [3.8, 4) is 0 Å². The van der Waals surface area contributed by atoms with E-state index in [9.17, 15) is 4.79 Å². The zero-order valence-corrected chi connectivity index (χ0v) is 9.47. The Balaban J connectivity index is 2.58. The van der Waals surface area contributed by atoms with Crippen molar-refractivity contribution in [2.45, 2.75) is 38.4 Å². The Morgan fingerprint density at radius 2 is 2.38 bits per heavy atom. The molecule has 0 aromatic carbocycles. The zero-order valence-electron chi connectivity index (χ0n) is 9.47. The molecule has 0 unspecified atom stereocenters. The Morgan fingerprint density at radius 3 is 2.81 bits per heavy atom. The SMILES string of the molecule is C[C@H](N)[C@@H](C)N[C@@H](Cc1cnc[nH]1)C(=O)O. The first-order chi connectivity index (χ1) is 7.50. The molecule has 6 heteroatoms. The summed E-state index contributed by atoms with van der Waals surface area (Å²) < 4.78 is 0. The van der Waals surface area contributed by atoms with Crippen molar-refractivity contribution in [3.05, 3.63) is 18.2 Å². The predicted molar refractivity (Wildman–Crippen MR) is 60.0 cm³/mol. The summed E-state index contributed by atoms with van der Waals surface area (Å²) in [6.07, 6.45) is 3.52. The number of carbonyl (C=O) groups is 1. The molecule has 0 radical (unpaired) electrons. The van der Waals surface area contributed by atoms with E-state index in [1.165, 1.54) is 6.33 Å². The molecule has 3 atom stereocenters. The Labute approximate surface area is 94.3 Å². The minimum atomic E-state index is -0.887. The fourth-order valence-corrected chi connectivity index (χ4v) is 1.30. The van der Waals surface area contributed by atoms with Crippen LogP contribution in [0.1, 0.15) is 19.5 Å². The third-order valence-corrected chi connectivity index (χ3v) is 2.53. The first-order valence-corrected chi connectivity index (χ1v) is 5.22. The number of H-pyrrole nitrogens is 1. The van der Waals surface area contributed by atoms with Gasteiger partial charge in [-0.25, -0.2) is 4.98 Å². The maximum absolute atomic E-state index is 11.0. The Hall–Kier alpha value is -1.40. The molecule has 0 saturated carbocycles. The van der Waals surface area contributed by atoms with Crippen molar-refractivity contribution in [3.63, 3.8) is 0 Å². The van der Waals surface area contributed by atoms with E-state index in [1.807, 2.05) is 13.8 Å². The van der Waals surface area contributed by atoms with E-state index in [2.05, 4.69) is 15.3 Å². The van der Waals surface area contributed by atoms with Gasteiger partial charge in [0.15, 0.2) is 0 Å². The molecule has 1 rings (SSSR count). The minimum Gasteiger partial charge on any atom is -0.480 e. The molecule has 1 aromatic heterocycles. The van der Waals surface area contributed by atoms with Crippen LogP contribution in [0.4, 0.5) is 0 Å². The van der Waals surface area contributed by atoms with Gasteiger partial charge in [-0.1, -0.05) is 0 Å². The van der Waals surface area contributed by atoms with Crippen LogP contribution in [0, 0.1) is 0 Å². The van der Waals surface area contributed by atoms with Gasteiger partial charge in [-0.05, 0) is 13.8 Å². The Morgan fingerprint density at radius 1 is 1.69 bits per heavy atom. The fraction of sp³-hybridized carbons (Fsp3) is 0.600. The van der Waals surface area contributed by atoms with E-state index in [1.54, 1.807) is 6.20 Å². The lowest BCUT2D eigenvalue weighted by molar-refractivity contribution is -0.139. The molecule has 0 amide bonds. The summed E-state index contributed by atoms with van der Waals surface area (Å²) in [5, 5.41) is 12.0. The van der Waals surface area contributed by atoms with Gasteiger partial charge >= 0.3 is 5.97 Å². The van der Waals surface area contributed by atoms with Gasteiger partial charge in [0.1, 0.15) is 6.04 Å². The number of nitrogens with two attached hydrogens (primary N) is 1. The summed E-state index contributed by atoms with van der Waals surface area (Å²) in [7, 11) is 0. The lowest BCUT2D eigenvalue weighted by atomic mass is 10.1. The Kier molecular flexibility index (Phi) is 4.45. The highest BCUT2D eigenvalue weighted by Gasteiger charge is 2.21. The standard InChI is InChI=1S/C10H18N4O2/c1-6(11)7(2)14-9(10(15)16)3-8-4-12-5-13-8/h4-7,9,14H,3,11H2,1-2H3,(H,12,13)(H,15,16)/t6-,7+,9-/m0/s1. The predicted octanol–water partition coefficient (Wildman–Crippen LogP) is -0.269. The molecule has 1 heterocycles. The van der Waals surface area contributed by atoms with Crippen LogP contribution in [-0.4, -0.2) is 39.2 Å². The molecule has 1 aromatic rings. The molecule has 0 bridgehead atoms. The summed E-state index contributed by atoms with van der Waals surface area (Å²) in [4.78, 5) is 17.8. The van der Waals surface area contributed by atoms with Gasteiger partial charge in [-0.3, -0.25) is 4.79 Å². The lowest BCUT2D eigenvalue weighted by Crippen LogP contribution is -2.50. The molecule has 0 fully saturated rings. The van der Waals surface area contributed by atoms with Crippen LogP contribution in [0.25, 0.3) is 0 Å². The van der Waals surface area contributed by atoms with Crippen LogP contribution in [-0.2, 0) is 11.2 Å². The van der Waals surface area contributed by atoms with Crippen molar-refractivity contribution < 1.29 is 9.90 Å². The van der Waals surface area contributed by atoms with Crippen molar-refractivity contribution in [1.82, 2.24) is 15.3 Å². The normalized spacial score (nSPS) is 16.7. The highest BCUT2D eigenvalue weighted by Crippen LogP contribution is 2.01. The first kappa shape index (κ1) is 12.7. The van der Waals surface area contributed by atoms with Gasteiger partial charge in [0.25, 0.3) is 0 Å². The van der Waals surface area contributed by atoms with Gasteiger partial charge in [0.05, 0.1) is 6.33 Å². The van der Waals surface area contributed by atoms with E-state index < -0.39 is 12.0 Å². The second-order valence-corrected chi connectivity index (χ2v) is 3.99. The summed E-state index contributed by atoms with van der Waals surface area (Å²) in [5.74, 6) is -0.887. The molecule has 6 nitrogen and oxygen atoms in total. The number of nitrogens with zero attached hydrogens (tertiary/aromatic N) is 1. The molecule has 0 spiro atoms. The molecule has 0 saturated heterocycles. The topological polar surface area (TPSA) is 104 Å². The third-order valence-electron chi connectivity index (χ3n) is 2.53. The maximum Gasteiger partial charge on any atom is 0.321 e. The van der Waals surface area contributed by atoms with Gasteiger partial charge in [0, 0.05) is 30.4 Å². The average molecular weight is 226 g/mol. The van der Waals surface area contributed by atoms with Crippen LogP contribution in [0.15, 0.2) is 12.5 Å². The summed E-state index contributed by atoms with van der Waals surface area (Å²) in [6, 6.07) is -0.797. The van der Waals surface area contributed by atoms with Crippen molar-refractivity contribution in [2.75, 3.05) is 0 Å². The van der Waals surface area contributed by atoms with Crippen molar-refractivity contribution >= 4 is 5.97 Å². The number of aromatic nitrogens is 2. The number of aromatic amines is 1. The van der Waals surface area contributed by atoms with Crippen LogP contribution in [0.2, 0.25) is 0 Å². The van der Waals surface area contributed by atoms with Crippen molar-refractivity contribution in [1.29, 1.82) is 0 Å². The highest BCUT2D eigenvalue weighted by molar-refractivity contribution is 5.73. The molecular weight excluding hydrogens is 208 g/mol. The summed E-state index contributed by atoms with van der Waals surface area (Å²) in [5.41, 5.74) is 6.47. The van der Waals surface area contributed by atoms with Crippen LogP contribution in [0.5, 0.6) is 0 Å². The second kappa shape index (κ2) is 5.62. The number of aliphatic carboxylic acids is 1. The average Bonchev–Trinajstić information content (AvgIpc) is 2.68. The molecule has 16 heavy (non-hydrogen) atoms. The number of imidazole rings is 1. The third kappa shape index (κ3) is 3.63. The smallest absolute Gasteiger partial charge is 0.321 e. The molecule has 0 aliphatic rings. The second-order valence-electron chi connectivity index (χ2n) is 3.99. The number of carboxylic acids is 1. The van der Waals surface area contributed by atoms with Gasteiger partial charge in [-0.15, -0.1) is 0 Å². The van der Waals surface area contributed by atoms with E-state index in [0.717, 1.165) is 5.69 Å². The quantitative estimate of drug-likeness (QED) is 0.534. The number of carboxylic acid groups (broad SMARTS) is 1. The van der Waals surface area contributed by atoms with E-state index in [-0.39, 0.29) is 12.1 Å². The highest BCUT2D eigenvalue weighted by atomic mass is 16.4. The van der Waals surface area contributed by atoms with E-state index in [4.69, 9.17) is 10.8 Å². The van der Waals surface area contributed by atoms with Crippen LogP contribution < -0.4 is 11.1 Å². The zero-order chi connectivity index (χ0) is 12.1. The molecule has 0 aliphatic carbocycles. The fourth-order valence-electron chi connectivity index (χ4n) is 1.30. The Bertz CT molecular complexity index is 324. The van der Waals surface area contributed by atoms with Gasteiger partial charge in [0.2, 0.25) is 0 Å². The largest absolute Gasteiger partial charge is 0.480 e. The molecular formula is C10H18N4O2. The molecule has 0 aliphatic heterocycles. The number of nitrogens with one attached hydrogen (secondary N) is 2. The summed E-state index contributed by atoms with van der Waals surface area (Å²) >= 11 is 0. The van der Waals surface area contributed by atoms with Crippen LogP contribution in [0.3, 0.4) is 0 Å². The van der Waals surface area contributed by atoms with Gasteiger partial charge < -0.3 is 21.1 Å². The van der Waals surface area contributed by atoms with E-state index >= 15 is 0 Å². The minimum absolute atomic E-state index is 0.0518. The maximum atomic E-state index is 11.0. The number of rotatable bonds is 6. The number of hydrogen-bond donors (Lipinski definition) is 4.